The zero-order valence-electron chi connectivity index (χ0n) is 8.16. The van der Waals surface area contributed by atoms with Crippen LogP contribution in [0.2, 0.25) is 0 Å². The summed E-state index contributed by atoms with van der Waals surface area (Å²) < 4.78 is 5.29. The molecule has 1 aromatic rings. The molecular formula is C11H16O2. The highest BCUT2D eigenvalue weighted by atomic mass is 16.4. The van der Waals surface area contributed by atoms with Crippen LogP contribution >= 0.6 is 0 Å². The van der Waals surface area contributed by atoms with E-state index >= 15 is 0 Å². The van der Waals surface area contributed by atoms with Gasteiger partial charge < -0.3 is 9.52 Å². The van der Waals surface area contributed by atoms with Gasteiger partial charge in [0.2, 0.25) is 0 Å². The lowest BCUT2D eigenvalue weighted by molar-refractivity contribution is 0.151. The summed E-state index contributed by atoms with van der Waals surface area (Å²) in [7, 11) is 0. The van der Waals surface area contributed by atoms with Crippen LogP contribution < -0.4 is 0 Å². The molecular weight excluding hydrogens is 164 g/mol. The van der Waals surface area contributed by atoms with Gasteiger partial charge in [-0.1, -0.05) is 19.1 Å². The van der Waals surface area contributed by atoms with Crippen LogP contribution in [-0.4, -0.2) is 5.11 Å². The van der Waals surface area contributed by atoms with Crippen LogP contribution in [0.25, 0.3) is 0 Å². The third kappa shape index (κ3) is 3.07. The number of aliphatic hydroxyl groups excluding tert-OH is 1. The van der Waals surface area contributed by atoms with Crippen LogP contribution in [0.1, 0.15) is 37.4 Å². The lowest BCUT2D eigenvalue weighted by Gasteiger charge is -2.02. The van der Waals surface area contributed by atoms with Gasteiger partial charge in [-0.25, -0.2) is 0 Å². The number of rotatable bonds is 4. The van der Waals surface area contributed by atoms with E-state index in [0.29, 0.717) is 12.2 Å². The summed E-state index contributed by atoms with van der Waals surface area (Å²) >= 11 is 0. The van der Waals surface area contributed by atoms with Gasteiger partial charge >= 0.3 is 0 Å². The Kier molecular flexibility index (Phi) is 3.77. The van der Waals surface area contributed by atoms with Crippen LogP contribution in [0, 0.1) is 6.92 Å². The molecule has 0 aliphatic carbocycles. The molecule has 2 nitrogen and oxygen atoms in total. The van der Waals surface area contributed by atoms with E-state index in [0.717, 1.165) is 12.2 Å². The first-order valence-electron chi connectivity index (χ1n) is 4.63. The molecule has 0 saturated carbocycles. The van der Waals surface area contributed by atoms with E-state index in [4.69, 9.17) is 4.42 Å². The molecule has 0 radical (unpaired) electrons. The Bertz CT molecular complexity index is 273. The van der Waals surface area contributed by atoms with Gasteiger partial charge in [0.15, 0.2) is 0 Å². The maximum Gasteiger partial charge on any atom is 0.132 e. The summed E-state index contributed by atoms with van der Waals surface area (Å²) in [6.07, 6.45) is 5.14. The molecule has 0 bridgehead atoms. The smallest absolute Gasteiger partial charge is 0.132 e. The fraction of sp³-hybridized carbons (Fsp3) is 0.455. The van der Waals surface area contributed by atoms with Crippen molar-refractivity contribution in [2.45, 2.75) is 32.8 Å². The molecule has 0 spiro atoms. The number of hydrogen-bond donors (Lipinski definition) is 1. The summed E-state index contributed by atoms with van der Waals surface area (Å²) in [6.45, 7) is 3.94. The maximum atomic E-state index is 9.62. The third-order valence-corrected chi connectivity index (χ3v) is 1.85. The van der Waals surface area contributed by atoms with E-state index in [1.54, 1.807) is 0 Å². The van der Waals surface area contributed by atoms with Gasteiger partial charge in [-0.05, 0) is 31.9 Å². The maximum absolute atomic E-state index is 9.62. The van der Waals surface area contributed by atoms with E-state index in [9.17, 15) is 5.11 Å². The average Bonchev–Trinajstić information content (AvgIpc) is 2.52. The van der Waals surface area contributed by atoms with Crippen molar-refractivity contribution in [3.05, 3.63) is 35.8 Å². The van der Waals surface area contributed by atoms with Crippen LogP contribution in [0.15, 0.2) is 28.7 Å². The number of furan rings is 1. The molecule has 0 aliphatic rings. The SMILES string of the molecule is CCC=CCC(O)c1ccc(C)o1. The van der Waals surface area contributed by atoms with Crippen molar-refractivity contribution >= 4 is 0 Å². The monoisotopic (exact) mass is 180 g/mol. The van der Waals surface area contributed by atoms with Crippen LogP contribution in [0.5, 0.6) is 0 Å². The molecule has 1 heterocycles. The average molecular weight is 180 g/mol. The molecule has 0 saturated heterocycles. The quantitative estimate of drug-likeness (QED) is 0.722. The Labute approximate surface area is 78.9 Å². The van der Waals surface area contributed by atoms with Crippen LogP contribution in [-0.2, 0) is 0 Å². The van der Waals surface area contributed by atoms with Crippen LogP contribution in [0.4, 0.5) is 0 Å². The summed E-state index contributed by atoms with van der Waals surface area (Å²) in [5.74, 6) is 1.49. The standard InChI is InChI=1S/C11H16O2/c1-3-4-5-6-10(12)11-8-7-9(2)13-11/h4-5,7-8,10,12H,3,6H2,1-2H3. The second kappa shape index (κ2) is 4.87. The van der Waals surface area contributed by atoms with Crippen molar-refractivity contribution < 1.29 is 9.52 Å². The van der Waals surface area contributed by atoms with E-state index in [1.165, 1.54) is 0 Å². The van der Waals surface area contributed by atoms with E-state index < -0.39 is 6.10 Å². The van der Waals surface area contributed by atoms with E-state index in [1.807, 2.05) is 31.2 Å². The molecule has 1 atom stereocenters. The lowest BCUT2D eigenvalue weighted by atomic mass is 10.2. The summed E-state index contributed by atoms with van der Waals surface area (Å²) in [6, 6.07) is 3.68. The van der Waals surface area contributed by atoms with Crippen molar-refractivity contribution in [1.29, 1.82) is 0 Å². The van der Waals surface area contributed by atoms with Crippen molar-refractivity contribution in [3.8, 4) is 0 Å². The molecule has 13 heavy (non-hydrogen) atoms. The Balaban J connectivity index is 2.48. The molecule has 0 amide bonds. The Morgan fingerprint density at radius 3 is 2.77 bits per heavy atom. The molecule has 0 aliphatic heterocycles. The normalized spacial score (nSPS) is 13.8. The summed E-state index contributed by atoms with van der Waals surface area (Å²) in [4.78, 5) is 0. The summed E-state index contributed by atoms with van der Waals surface area (Å²) in [5, 5.41) is 9.62. The highest BCUT2D eigenvalue weighted by molar-refractivity contribution is 5.08. The first-order valence-corrected chi connectivity index (χ1v) is 4.63. The highest BCUT2D eigenvalue weighted by Gasteiger charge is 2.08. The largest absolute Gasteiger partial charge is 0.464 e. The molecule has 2 heteroatoms. The van der Waals surface area contributed by atoms with Crippen molar-refractivity contribution in [2.75, 3.05) is 0 Å². The minimum absolute atomic E-state index is 0.503. The van der Waals surface area contributed by atoms with Gasteiger partial charge in [-0.2, -0.15) is 0 Å². The van der Waals surface area contributed by atoms with Crippen molar-refractivity contribution in [2.24, 2.45) is 0 Å². The first kappa shape index (κ1) is 10.1. The van der Waals surface area contributed by atoms with Gasteiger partial charge in [0, 0.05) is 0 Å². The Morgan fingerprint density at radius 2 is 2.23 bits per heavy atom. The molecule has 1 unspecified atom stereocenters. The fourth-order valence-electron chi connectivity index (χ4n) is 1.14. The predicted octanol–water partition coefficient (Wildman–Crippen LogP) is 2.98. The molecule has 1 N–H and O–H groups in total. The minimum Gasteiger partial charge on any atom is -0.464 e. The van der Waals surface area contributed by atoms with Crippen LogP contribution in [0.3, 0.4) is 0 Å². The van der Waals surface area contributed by atoms with E-state index in [-0.39, 0.29) is 0 Å². The second-order valence-electron chi connectivity index (χ2n) is 3.08. The Hall–Kier alpha value is -1.02. The molecule has 1 aromatic heterocycles. The number of aliphatic hydroxyl groups is 1. The van der Waals surface area contributed by atoms with Gasteiger partial charge in [0.05, 0.1) is 0 Å². The zero-order chi connectivity index (χ0) is 9.68. The molecule has 0 aromatic carbocycles. The summed E-state index contributed by atoms with van der Waals surface area (Å²) in [5.41, 5.74) is 0. The van der Waals surface area contributed by atoms with Crippen molar-refractivity contribution in [3.63, 3.8) is 0 Å². The van der Waals surface area contributed by atoms with Gasteiger partial charge in [0.25, 0.3) is 0 Å². The fourth-order valence-corrected chi connectivity index (χ4v) is 1.14. The number of hydrogen-bond acceptors (Lipinski definition) is 2. The molecule has 1 rings (SSSR count). The topological polar surface area (TPSA) is 33.4 Å². The number of allylic oxidation sites excluding steroid dienone is 1. The Morgan fingerprint density at radius 1 is 1.46 bits per heavy atom. The van der Waals surface area contributed by atoms with Gasteiger partial charge in [-0.3, -0.25) is 0 Å². The number of aryl methyl sites for hydroxylation is 1. The minimum atomic E-state index is -0.503. The zero-order valence-corrected chi connectivity index (χ0v) is 8.16. The first-order chi connectivity index (χ1) is 6.24. The van der Waals surface area contributed by atoms with Crippen molar-refractivity contribution in [1.82, 2.24) is 0 Å². The van der Waals surface area contributed by atoms with Gasteiger partial charge in [0.1, 0.15) is 17.6 Å². The second-order valence-corrected chi connectivity index (χ2v) is 3.08. The molecule has 0 fully saturated rings. The predicted molar refractivity (Wildman–Crippen MR) is 52.5 cm³/mol. The lowest BCUT2D eigenvalue weighted by Crippen LogP contribution is -1.92. The third-order valence-electron chi connectivity index (χ3n) is 1.85. The highest BCUT2D eigenvalue weighted by Crippen LogP contribution is 2.19. The molecule has 72 valence electrons. The van der Waals surface area contributed by atoms with E-state index in [2.05, 4.69) is 6.92 Å². The van der Waals surface area contributed by atoms with Gasteiger partial charge in [-0.15, -0.1) is 0 Å².